The molecule has 1 unspecified atom stereocenters. The maximum Gasteiger partial charge on any atom is 0.249 e. The molecule has 1 saturated carbocycles. The highest BCUT2D eigenvalue weighted by atomic mass is 35.5. The van der Waals surface area contributed by atoms with Crippen molar-refractivity contribution in [1.29, 1.82) is 0 Å². The smallest absolute Gasteiger partial charge is 0.249 e. The summed E-state index contributed by atoms with van der Waals surface area (Å²) in [6.45, 7) is 2.22. The van der Waals surface area contributed by atoms with Crippen LogP contribution in [0.1, 0.15) is 77.7 Å². The van der Waals surface area contributed by atoms with Crippen molar-refractivity contribution in [2.45, 2.75) is 75.2 Å². The number of aliphatic hydroxyl groups excluding tert-OH is 1. The number of amides is 1. The topological polar surface area (TPSA) is 105 Å². The number of carbonyl (C=O) groups excluding carboxylic acids is 1. The van der Waals surface area contributed by atoms with Crippen LogP contribution in [0.5, 0.6) is 5.75 Å². The zero-order valence-corrected chi connectivity index (χ0v) is 23.5. The summed E-state index contributed by atoms with van der Waals surface area (Å²) < 4.78 is 38.2. The fraction of sp³-hybridized carbons (Fsp3) is 0.406. The molecule has 1 fully saturated rings. The number of hydrogen-bond donors (Lipinski definition) is 4. The molecule has 2 aliphatic carbocycles. The predicted octanol–water partition coefficient (Wildman–Crippen LogP) is 5.48. The quantitative estimate of drug-likeness (QED) is 0.308. The van der Waals surface area contributed by atoms with E-state index >= 15 is 8.78 Å². The molecule has 9 heteroatoms. The largest absolute Gasteiger partial charge is 0.480 e. The minimum Gasteiger partial charge on any atom is -0.480 e. The first-order chi connectivity index (χ1) is 19.5. The number of benzene rings is 3. The second-order valence-electron chi connectivity index (χ2n) is 11.9. The lowest BCUT2D eigenvalue weighted by atomic mass is 9.82. The summed E-state index contributed by atoms with van der Waals surface area (Å²) >= 11 is 6.56. The molecule has 41 heavy (non-hydrogen) atoms. The standard InChI is InChI=1S/C32H33ClF2N2O4/c1-31(40)11-9-19(10-12-31)37-16-32(18-5-3-2-4-6-18)15-21-24(41-32)14-22(34)28(33)26(21)27-20(30(36)39)13-17-7-8-23(38)25(17)29(27)35/h2-6,13-14,19,23,37-38,40H,7-12,15-16H2,1H3,(H2,36,39)/t19?,23?,31?,32-/m1/s1. The minimum atomic E-state index is -1.05. The fourth-order valence-corrected chi connectivity index (χ4v) is 6.98. The van der Waals surface area contributed by atoms with E-state index in [9.17, 15) is 15.0 Å². The average Bonchev–Trinajstić information content (AvgIpc) is 3.50. The first kappa shape index (κ1) is 28.1. The Balaban J connectivity index is 1.46. The molecule has 1 aliphatic heterocycles. The summed E-state index contributed by atoms with van der Waals surface area (Å²) in [4.78, 5) is 12.6. The van der Waals surface area contributed by atoms with Crippen molar-refractivity contribution in [2.24, 2.45) is 5.73 Å². The van der Waals surface area contributed by atoms with Gasteiger partial charge in [0.25, 0.3) is 0 Å². The molecule has 3 aromatic rings. The van der Waals surface area contributed by atoms with E-state index < -0.39 is 34.8 Å². The Hall–Kier alpha value is -3.04. The van der Waals surface area contributed by atoms with Crippen LogP contribution in [0.3, 0.4) is 0 Å². The lowest BCUT2D eigenvalue weighted by Gasteiger charge is -2.36. The summed E-state index contributed by atoms with van der Waals surface area (Å²) in [5, 5.41) is 24.2. The van der Waals surface area contributed by atoms with Gasteiger partial charge in [0, 0.05) is 47.3 Å². The van der Waals surface area contributed by atoms with E-state index in [1.54, 1.807) is 0 Å². The van der Waals surface area contributed by atoms with Gasteiger partial charge in [-0.3, -0.25) is 4.79 Å². The van der Waals surface area contributed by atoms with Gasteiger partial charge in [0.1, 0.15) is 17.4 Å². The Bertz CT molecular complexity index is 1520. The van der Waals surface area contributed by atoms with Gasteiger partial charge >= 0.3 is 0 Å². The Morgan fingerprint density at radius 3 is 2.54 bits per heavy atom. The van der Waals surface area contributed by atoms with E-state index in [4.69, 9.17) is 22.1 Å². The molecule has 6 nitrogen and oxygen atoms in total. The van der Waals surface area contributed by atoms with Gasteiger partial charge in [-0.05, 0) is 62.6 Å². The Morgan fingerprint density at radius 2 is 1.85 bits per heavy atom. The third-order valence-electron chi connectivity index (χ3n) is 9.02. The summed E-state index contributed by atoms with van der Waals surface area (Å²) in [5.74, 6) is -2.31. The maximum atomic E-state index is 16.3. The van der Waals surface area contributed by atoms with Crippen molar-refractivity contribution in [3.63, 3.8) is 0 Å². The molecule has 1 amide bonds. The molecule has 216 valence electrons. The van der Waals surface area contributed by atoms with Gasteiger partial charge in [0.2, 0.25) is 5.91 Å². The number of hydrogen-bond acceptors (Lipinski definition) is 5. The van der Waals surface area contributed by atoms with Crippen LogP contribution < -0.4 is 15.8 Å². The second kappa shape index (κ2) is 10.3. The van der Waals surface area contributed by atoms with Gasteiger partial charge in [0.05, 0.1) is 22.3 Å². The van der Waals surface area contributed by atoms with Gasteiger partial charge in [-0.2, -0.15) is 0 Å². The number of aliphatic hydroxyl groups is 2. The lowest BCUT2D eigenvalue weighted by Crippen LogP contribution is -2.48. The monoisotopic (exact) mass is 582 g/mol. The average molecular weight is 583 g/mol. The normalized spacial score (nSPS) is 26.9. The zero-order valence-electron chi connectivity index (χ0n) is 22.8. The number of nitrogens with two attached hydrogens (primary N) is 1. The third-order valence-corrected chi connectivity index (χ3v) is 9.39. The summed E-state index contributed by atoms with van der Waals surface area (Å²) in [6, 6.07) is 12.4. The second-order valence-corrected chi connectivity index (χ2v) is 12.3. The molecular formula is C32H33ClF2N2O4. The number of fused-ring (bicyclic) bond motifs is 2. The highest BCUT2D eigenvalue weighted by molar-refractivity contribution is 6.34. The zero-order chi connectivity index (χ0) is 29.1. The van der Waals surface area contributed by atoms with Gasteiger partial charge in [-0.1, -0.05) is 41.9 Å². The van der Waals surface area contributed by atoms with Crippen LogP contribution in [-0.2, 0) is 18.4 Å². The number of aryl methyl sites for hydroxylation is 1. The van der Waals surface area contributed by atoms with E-state index in [0.29, 0.717) is 43.4 Å². The number of nitrogens with one attached hydrogen (secondary N) is 1. The first-order valence-corrected chi connectivity index (χ1v) is 14.4. The number of carbonyl (C=O) groups is 1. The van der Waals surface area contributed by atoms with Crippen LogP contribution in [0, 0.1) is 11.6 Å². The third kappa shape index (κ3) is 4.91. The highest BCUT2D eigenvalue weighted by Gasteiger charge is 2.45. The molecule has 0 saturated heterocycles. The Kier molecular flexibility index (Phi) is 7.09. The van der Waals surface area contributed by atoms with Crippen molar-refractivity contribution in [2.75, 3.05) is 6.54 Å². The molecule has 1 heterocycles. The number of ether oxygens (including phenoxy) is 1. The molecule has 3 aromatic carbocycles. The number of primary amides is 1. The van der Waals surface area contributed by atoms with Gasteiger partial charge in [-0.25, -0.2) is 8.78 Å². The molecular weight excluding hydrogens is 550 g/mol. The van der Waals surface area contributed by atoms with Crippen molar-refractivity contribution in [3.8, 4) is 16.9 Å². The van der Waals surface area contributed by atoms with Crippen LogP contribution in [0.25, 0.3) is 11.1 Å². The Morgan fingerprint density at radius 1 is 1.15 bits per heavy atom. The molecule has 0 aromatic heterocycles. The summed E-state index contributed by atoms with van der Waals surface area (Å²) in [6.07, 6.45) is 2.81. The van der Waals surface area contributed by atoms with Crippen LogP contribution in [0.2, 0.25) is 5.02 Å². The minimum absolute atomic E-state index is 0.0152. The molecule has 3 aliphatic rings. The van der Waals surface area contributed by atoms with Crippen LogP contribution >= 0.6 is 11.6 Å². The van der Waals surface area contributed by atoms with Gasteiger partial charge in [0.15, 0.2) is 5.60 Å². The van der Waals surface area contributed by atoms with Crippen molar-refractivity contribution in [1.82, 2.24) is 5.32 Å². The SMILES string of the molecule is CC1(O)CCC(NC[C@@]2(c3ccccc3)Cc3c(cc(F)c(Cl)c3-c3c(C(N)=O)cc4c(c3F)C(O)CC4)O2)CC1. The van der Waals surface area contributed by atoms with Crippen LogP contribution in [0.4, 0.5) is 8.78 Å². The fourth-order valence-electron chi connectivity index (χ4n) is 6.72. The molecule has 0 bridgehead atoms. The van der Waals surface area contributed by atoms with E-state index in [2.05, 4.69) is 5.32 Å². The van der Waals surface area contributed by atoms with E-state index in [0.717, 1.165) is 18.4 Å². The summed E-state index contributed by atoms with van der Waals surface area (Å²) in [5.41, 5.74) is 5.63. The van der Waals surface area contributed by atoms with Crippen molar-refractivity contribution in [3.05, 3.63) is 86.9 Å². The van der Waals surface area contributed by atoms with Gasteiger partial charge in [-0.15, -0.1) is 0 Å². The number of rotatable bonds is 6. The molecule has 2 atom stereocenters. The van der Waals surface area contributed by atoms with Gasteiger partial charge < -0.3 is 26.0 Å². The first-order valence-electron chi connectivity index (χ1n) is 14.0. The molecule has 5 N–H and O–H groups in total. The lowest BCUT2D eigenvalue weighted by molar-refractivity contribution is 0.0104. The Labute approximate surface area is 242 Å². The van der Waals surface area contributed by atoms with Crippen LogP contribution in [-0.4, -0.2) is 34.3 Å². The maximum absolute atomic E-state index is 16.3. The van der Waals surface area contributed by atoms with E-state index in [-0.39, 0.29) is 45.5 Å². The van der Waals surface area contributed by atoms with E-state index in [1.807, 2.05) is 37.3 Å². The van der Waals surface area contributed by atoms with Crippen molar-refractivity contribution >= 4 is 17.5 Å². The number of halogens is 3. The van der Waals surface area contributed by atoms with Crippen molar-refractivity contribution < 1.29 is 28.5 Å². The molecule has 0 spiro atoms. The van der Waals surface area contributed by atoms with Crippen LogP contribution in [0.15, 0.2) is 42.5 Å². The molecule has 0 radical (unpaired) electrons. The molecule has 6 rings (SSSR count). The summed E-state index contributed by atoms with van der Waals surface area (Å²) in [7, 11) is 0. The highest BCUT2D eigenvalue weighted by Crippen LogP contribution is 2.51. The van der Waals surface area contributed by atoms with E-state index in [1.165, 1.54) is 12.1 Å². The predicted molar refractivity (Wildman–Crippen MR) is 152 cm³/mol.